The first-order chi connectivity index (χ1) is 1.41. The van der Waals surface area contributed by atoms with Crippen LogP contribution in [0.25, 0.3) is 0 Å². The maximum Gasteiger partial charge on any atom is 2.00 e. The number of allylic oxidation sites excluding steroid dienone is 1. The third-order valence-electron chi connectivity index (χ3n) is 0. The van der Waals surface area contributed by atoms with E-state index in [0.717, 1.165) is 0 Å². The molecule has 34 valence electrons. The van der Waals surface area contributed by atoms with Gasteiger partial charge in [-0.3, -0.25) is 0 Å². The molecule has 0 aliphatic rings. The predicted molar refractivity (Wildman–Crippen MR) is 33.5 cm³/mol. The minimum Gasteiger partial charge on any atom is -0.358 e. The standard InChI is InChI=1S/C3H5.CH3.2B.Zr/c1-3-2;;;;/h3H,1-2H2;1H3;;;/q2*-1;;;+2. The second kappa shape index (κ2) is 79.5. The zero-order chi connectivity index (χ0) is 2.71. The van der Waals surface area contributed by atoms with Crippen molar-refractivity contribution in [3.63, 3.8) is 0 Å². The molecule has 0 heterocycles. The van der Waals surface area contributed by atoms with Crippen molar-refractivity contribution in [1.82, 2.24) is 0 Å². The summed E-state index contributed by atoms with van der Waals surface area (Å²) in [6.45, 7) is 6.50. The Labute approximate surface area is 70.0 Å². The van der Waals surface area contributed by atoms with Crippen LogP contribution in [0.15, 0.2) is 12.7 Å². The van der Waals surface area contributed by atoms with E-state index in [0.29, 0.717) is 0 Å². The Bertz CT molecular complexity index is 17.2. The molecule has 0 aliphatic carbocycles. The van der Waals surface area contributed by atoms with Crippen LogP contribution in [0.2, 0.25) is 0 Å². The molecule has 0 nitrogen and oxygen atoms in total. The largest absolute Gasteiger partial charge is 2.00 e. The van der Waals surface area contributed by atoms with Gasteiger partial charge in [0.15, 0.2) is 0 Å². The summed E-state index contributed by atoms with van der Waals surface area (Å²) in [7, 11) is 0. The van der Waals surface area contributed by atoms with Gasteiger partial charge in [0.05, 0.1) is 0 Å². The van der Waals surface area contributed by atoms with E-state index in [2.05, 4.69) is 13.5 Å². The molecule has 0 bridgehead atoms. The van der Waals surface area contributed by atoms with Crippen molar-refractivity contribution in [3.05, 3.63) is 27.0 Å². The van der Waals surface area contributed by atoms with Crippen LogP contribution < -0.4 is 0 Å². The Kier molecular flexibility index (Phi) is 552. The van der Waals surface area contributed by atoms with Crippen LogP contribution in [0.3, 0.4) is 0 Å². The van der Waals surface area contributed by atoms with E-state index in [1.807, 2.05) is 0 Å². The van der Waals surface area contributed by atoms with E-state index in [4.69, 9.17) is 0 Å². The molecule has 0 aliphatic heterocycles. The van der Waals surface area contributed by atoms with Crippen LogP contribution in [0.1, 0.15) is 0 Å². The van der Waals surface area contributed by atoms with E-state index in [1.54, 1.807) is 0 Å². The molecule has 0 unspecified atom stereocenters. The normalized spacial score (nSPS) is 1.71. The molecule has 0 N–H and O–H groups in total. The Morgan fingerprint density at radius 2 is 1.29 bits per heavy atom. The fourth-order valence-corrected chi connectivity index (χ4v) is 0. The number of rotatable bonds is 0. The average molecular weight is 169 g/mol. The first-order valence-electron chi connectivity index (χ1n) is 0.816. The van der Waals surface area contributed by atoms with E-state index in [1.165, 1.54) is 6.08 Å². The Hall–Kier alpha value is 0.623. The molecule has 3 heteroatoms. The number of hydrogen-bond acceptors (Lipinski definition) is 0. The summed E-state index contributed by atoms with van der Waals surface area (Å²) < 4.78 is 0. The fourth-order valence-electron chi connectivity index (χ4n) is 0. The van der Waals surface area contributed by atoms with Gasteiger partial charge in [-0.1, -0.05) is 0 Å². The van der Waals surface area contributed by atoms with Gasteiger partial charge in [0, 0.05) is 16.8 Å². The van der Waals surface area contributed by atoms with Gasteiger partial charge in [0.2, 0.25) is 0 Å². The van der Waals surface area contributed by atoms with Gasteiger partial charge in [-0.25, -0.2) is 19.6 Å². The third-order valence-corrected chi connectivity index (χ3v) is 0. The van der Waals surface area contributed by atoms with E-state index < -0.39 is 0 Å². The van der Waals surface area contributed by atoms with Gasteiger partial charge in [0.1, 0.15) is 0 Å². The molecule has 0 spiro atoms. The molecule has 0 aromatic rings. The van der Waals surface area contributed by atoms with Crippen molar-refractivity contribution in [1.29, 1.82) is 0 Å². The average Bonchev–Trinajstić information content (AvgIpc) is 0.918. The monoisotopic (exact) mass is 168 g/mol. The van der Waals surface area contributed by atoms with E-state index in [9.17, 15) is 0 Å². The zero-order valence-electron chi connectivity index (χ0n) is 4.65. The Morgan fingerprint density at radius 1 is 1.29 bits per heavy atom. The molecule has 0 saturated heterocycles. The minimum atomic E-state index is 0. The maximum absolute atomic E-state index is 3.25. The summed E-state index contributed by atoms with van der Waals surface area (Å²) in [5.74, 6) is 0. The van der Waals surface area contributed by atoms with Crippen LogP contribution in [0.4, 0.5) is 0 Å². The van der Waals surface area contributed by atoms with Crippen LogP contribution in [-0.4, -0.2) is 16.8 Å². The second-order valence-corrected chi connectivity index (χ2v) is 0.289. The summed E-state index contributed by atoms with van der Waals surface area (Å²) in [5.41, 5.74) is 0. The summed E-state index contributed by atoms with van der Waals surface area (Å²) in [5, 5.41) is 0. The summed E-state index contributed by atoms with van der Waals surface area (Å²) in [6.07, 6.45) is 1.50. The molecule has 0 fully saturated rings. The molecule has 0 aromatic carbocycles. The third kappa shape index (κ3) is 365. The van der Waals surface area contributed by atoms with Crippen LogP contribution in [0, 0.1) is 14.4 Å². The minimum absolute atomic E-state index is 0. The van der Waals surface area contributed by atoms with Crippen molar-refractivity contribution < 1.29 is 26.2 Å². The van der Waals surface area contributed by atoms with Gasteiger partial charge in [0.25, 0.3) is 0 Å². The first kappa shape index (κ1) is 48.6. The van der Waals surface area contributed by atoms with Crippen molar-refractivity contribution in [2.24, 2.45) is 0 Å². The second-order valence-electron chi connectivity index (χ2n) is 0.289. The molecule has 0 saturated carbocycles. The van der Waals surface area contributed by atoms with Gasteiger partial charge in [-0.2, -0.15) is 0 Å². The van der Waals surface area contributed by atoms with Crippen LogP contribution in [0.5, 0.6) is 0 Å². The quantitative estimate of drug-likeness (QED) is 0.369. The zero-order valence-corrected chi connectivity index (χ0v) is 7.10. The van der Waals surface area contributed by atoms with E-state index in [-0.39, 0.29) is 50.5 Å². The predicted octanol–water partition coefficient (Wildman–Crippen LogP) is 0.693. The fraction of sp³-hybridized carbons (Fsp3) is 0. The molecule has 0 atom stereocenters. The molecule has 0 amide bonds. The molecule has 6 radical (unpaired) electrons. The first-order valence-corrected chi connectivity index (χ1v) is 0.816. The topological polar surface area (TPSA) is 0 Å². The van der Waals surface area contributed by atoms with Crippen molar-refractivity contribution >= 4 is 16.8 Å². The Balaban J connectivity index is -0.00000000333. The van der Waals surface area contributed by atoms with Gasteiger partial charge >= 0.3 is 26.2 Å². The molecular formula is C4H8B2Zr. The summed E-state index contributed by atoms with van der Waals surface area (Å²) in [6, 6.07) is 0. The smallest absolute Gasteiger partial charge is 0.358 e. The molecular weight excluding hydrogens is 161 g/mol. The number of hydrogen-bond donors (Lipinski definition) is 0. The summed E-state index contributed by atoms with van der Waals surface area (Å²) >= 11 is 0. The van der Waals surface area contributed by atoms with Gasteiger partial charge in [-0.05, 0) is 0 Å². The molecule has 0 aromatic heterocycles. The van der Waals surface area contributed by atoms with E-state index >= 15 is 0 Å². The Morgan fingerprint density at radius 3 is 1.29 bits per heavy atom. The van der Waals surface area contributed by atoms with Crippen molar-refractivity contribution in [2.45, 2.75) is 0 Å². The van der Waals surface area contributed by atoms with Crippen molar-refractivity contribution in [2.75, 3.05) is 0 Å². The van der Waals surface area contributed by atoms with Crippen LogP contribution in [-0.2, 0) is 26.2 Å². The maximum atomic E-state index is 3.25. The van der Waals surface area contributed by atoms with Gasteiger partial charge < -0.3 is 7.43 Å². The summed E-state index contributed by atoms with van der Waals surface area (Å²) in [4.78, 5) is 0. The van der Waals surface area contributed by atoms with Gasteiger partial charge in [-0.15, -0.1) is 0 Å². The molecule has 7 heavy (non-hydrogen) atoms. The van der Waals surface area contributed by atoms with Crippen LogP contribution >= 0.6 is 0 Å². The SMILES string of the molecule is C=C[CH2-].[B].[B].[CH3-].[Zr+2]. The van der Waals surface area contributed by atoms with Crippen molar-refractivity contribution in [3.8, 4) is 0 Å². The molecule has 0 rings (SSSR count).